The third-order valence-electron chi connectivity index (χ3n) is 2.23. The maximum Gasteiger partial charge on any atom is 0.151 e. The van der Waals surface area contributed by atoms with Crippen molar-refractivity contribution in [2.45, 2.75) is 0 Å². The minimum Gasteiger partial charge on any atom is -0.298 e. The molecule has 0 aliphatic carbocycles. The Labute approximate surface area is 96.9 Å². The second-order valence-corrected chi connectivity index (χ2v) is 4.07. The molecule has 0 saturated carbocycles. The smallest absolute Gasteiger partial charge is 0.151 e. The van der Waals surface area contributed by atoms with Crippen LogP contribution in [-0.4, -0.2) is 6.29 Å². The van der Waals surface area contributed by atoms with Crippen molar-refractivity contribution < 1.29 is 4.79 Å². The topological polar surface area (TPSA) is 17.1 Å². The van der Waals surface area contributed by atoms with Crippen LogP contribution in [0.4, 0.5) is 0 Å². The second-order valence-electron chi connectivity index (χ2n) is 3.22. The van der Waals surface area contributed by atoms with Gasteiger partial charge in [0.2, 0.25) is 0 Å². The van der Waals surface area contributed by atoms with Crippen LogP contribution in [0, 0.1) is 0 Å². The monoisotopic (exact) mass is 260 g/mol. The standard InChI is InChI=1S/C13H9BrO/c14-13-8-11(6-7-12(13)9-15)10-4-2-1-3-5-10/h1-9H. The fourth-order valence-electron chi connectivity index (χ4n) is 1.43. The summed E-state index contributed by atoms with van der Waals surface area (Å²) in [5.74, 6) is 0. The molecular weight excluding hydrogens is 252 g/mol. The summed E-state index contributed by atoms with van der Waals surface area (Å²) < 4.78 is 0.832. The molecule has 0 aliphatic heterocycles. The van der Waals surface area contributed by atoms with Gasteiger partial charge in [0.15, 0.2) is 6.29 Å². The van der Waals surface area contributed by atoms with Crippen molar-refractivity contribution in [1.29, 1.82) is 0 Å². The Morgan fingerprint density at radius 1 is 0.933 bits per heavy atom. The first-order chi connectivity index (χ1) is 7.31. The summed E-state index contributed by atoms with van der Waals surface area (Å²) in [6.45, 7) is 0. The van der Waals surface area contributed by atoms with Gasteiger partial charge in [-0.05, 0) is 23.3 Å². The van der Waals surface area contributed by atoms with Crippen LogP contribution in [0.15, 0.2) is 53.0 Å². The zero-order valence-corrected chi connectivity index (χ0v) is 9.57. The Morgan fingerprint density at radius 3 is 2.27 bits per heavy atom. The lowest BCUT2D eigenvalue weighted by Gasteiger charge is -2.03. The molecule has 0 saturated heterocycles. The zero-order valence-electron chi connectivity index (χ0n) is 7.98. The molecule has 0 heterocycles. The van der Waals surface area contributed by atoms with Crippen LogP contribution in [0.1, 0.15) is 10.4 Å². The number of carbonyl (C=O) groups excluding carboxylic acids is 1. The summed E-state index contributed by atoms with van der Waals surface area (Å²) in [6.07, 6.45) is 0.846. The highest BCUT2D eigenvalue weighted by Gasteiger charge is 2.01. The van der Waals surface area contributed by atoms with E-state index in [-0.39, 0.29) is 0 Å². The van der Waals surface area contributed by atoms with E-state index in [4.69, 9.17) is 0 Å². The second kappa shape index (κ2) is 4.41. The van der Waals surface area contributed by atoms with Crippen molar-refractivity contribution in [1.82, 2.24) is 0 Å². The molecule has 2 rings (SSSR count). The van der Waals surface area contributed by atoms with E-state index in [0.29, 0.717) is 5.56 Å². The maximum atomic E-state index is 10.6. The highest BCUT2D eigenvalue weighted by atomic mass is 79.9. The van der Waals surface area contributed by atoms with Gasteiger partial charge in [-0.3, -0.25) is 4.79 Å². The largest absolute Gasteiger partial charge is 0.298 e. The predicted octanol–water partition coefficient (Wildman–Crippen LogP) is 3.93. The summed E-state index contributed by atoms with van der Waals surface area (Å²) in [5.41, 5.74) is 2.93. The highest BCUT2D eigenvalue weighted by molar-refractivity contribution is 9.10. The summed E-state index contributed by atoms with van der Waals surface area (Å²) in [7, 11) is 0. The number of halogens is 1. The Bertz CT molecular complexity index is 477. The van der Waals surface area contributed by atoms with Crippen LogP contribution in [0.25, 0.3) is 11.1 Å². The molecule has 74 valence electrons. The number of carbonyl (C=O) groups is 1. The van der Waals surface area contributed by atoms with Gasteiger partial charge in [0.05, 0.1) is 0 Å². The van der Waals surface area contributed by atoms with Gasteiger partial charge in [-0.15, -0.1) is 0 Å². The number of aldehydes is 1. The minimum atomic E-state index is 0.676. The molecule has 1 nitrogen and oxygen atoms in total. The molecule has 0 aliphatic rings. The lowest BCUT2D eigenvalue weighted by Crippen LogP contribution is -1.83. The molecule has 2 aromatic carbocycles. The summed E-state index contributed by atoms with van der Waals surface area (Å²) >= 11 is 3.37. The quantitative estimate of drug-likeness (QED) is 0.748. The van der Waals surface area contributed by atoms with Crippen molar-refractivity contribution in [2.75, 3.05) is 0 Å². The number of hydrogen-bond donors (Lipinski definition) is 0. The molecule has 0 spiro atoms. The molecule has 2 heteroatoms. The third-order valence-corrected chi connectivity index (χ3v) is 2.92. The third kappa shape index (κ3) is 2.16. The molecule has 0 N–H and O–H groups in total. The maximum absolute atomic E-state index is 10.6. The van der Waals surface area contributed by atoms with E-state index >= 15 is 0 Å². The van der Waals surface area contributed by atoms with Crippen LogP contribution >= 0.6 is 15.9 Å². The Morgan fingerprint density at radius 2 is 1.67 bits per heavy atom. The summed E-state index contributed by atoms with van der Waals surface area (Å²) in [5, 5.41) is 0. The molecular formula is C13H9BrO. The van der Waals surface area contributed by atoms with Crippen molar-refractivity contribution in [3.63, 3.8) is 0 Å². The van der Waals surface area contributed by atoms with E-state index in [9.17, 15) is 4.79 Å². The van der Waals surface area contributed by atoms with E-state index in [2.05, 4.69) is 15.9 Å². The van der Waals surface area contributed by atoms with Crippen LogP contribution in [-0.2, 0) is 0 Å². The van der Waals surface area contributed by atoms with E-state index in [1.165, 1.54) is 0 Å². The van der Waals surface area contributed by atoms with Crippen LogP contribution in [0.2, 0.25) is 0 Å². The zero-order chi connectivity index (χ0) is 10.7. The van der Waals surface area contributed by atoms with Gasteiger partial charge in [-0.1, -0.05) is 52.3 Å². The Hall–Kier alpha value is -1.41. The van der Waals surface area contributed by atoms with Crippen molar-refractivity contribution in [3.8, 4) is 11.1 Å². The predicted molar refractivity (Wildman–Crippen MR) is 65.0 cm³/mol. The van der Waals surface area contributed by atoms with Crippen molar-refractivity contribution in [3.05, 3.63) is 58.6 Å². The van der Waals surface area contributed by atoms with E-state index < -0.39 is 0 Å². The fraction of sp³-hybridized carbons (Fsp3) is 0. The number of benzene rings is 2. The van der Waals surface area contributed by atoms with Gasteiger partial charge in [0.25, 0.3) is 0 Å². The lowest BCUT2D eigenvalue weighted by atomic mass is 10.0. The van der Waals surface area contributed by atoms with Gasteiger partial charge in [0, 0.05) is 10.0 Å². The van der Waals surface area contributed by atoms with Gasteiger partial charge in [-0.2, -0.15) is 0 Å². The van der Waals surface area contributed by atoms with E-state index in [1.54, 1.807) is 0 Å². The molecule has 2 aromatic rings. The first-order valence-corrected chi connectivity index (χ1v) is 5.41. The van der Waals surface area contributed by atoms with Gasteiger partial charge < -0.3 is 0 Å². The minimum absolute atomic E-state index is 0.676. The first kappa shape index (κ1) is 10.1. The van der Waals surface area contributed by atoms with Crippen molar-refractivity contribution in [2.24, 2.45) is 0 Å². The molecule has 0 aromatic heterocycles. The lowest BCUT2D eigenvalue weighted by molar-refractivity contribution is 0.112. The van der Waals surface area contributed by atoms with Crippen LogP contribution in [0.3, 0.4) is 0 Å². The Balaban J connectivity index is 2.47. The average molecular weight is 261 g/mol. The van der Waals surface area contributed by atoms with Crippen molar-refractivity contribution >= 4 is 22.2 Å². The molecule has 0 amide bonds. The summed E-state index contributed by atoms with van der Waals surface area (Å²) in [4.78, 5) is 10.6. The van der Waals surface area contributed by atoms with E-state index in [1.807, 2.05) is 48.5 Å². The fourth-order valence-corrected chi connectivity index (χ4v) is 1.91. The SMILES string of the molecule is O=Cc1ccc(-c2ccccc2)cc1Br. The number of hydrogen-bond acceptors (Lipinski definition) is 1. The first-order valence-electron chi connectivity index (χ1n) is 4.61. The van der Waals surface area contributed by atoms with Gasteiger partial charge in [-0.25, -0.2) is 0 Å². The molecule has 0 atom stereocenters. The normalized spacial score (nSPS) is 9.93. The van der Waals surface area contributed by atoms with E-state index in [0.717, 1.165) is 21.9 Å². The molecule has 0 unspecified atom stereocenters. The molecule has 0 radical (unpaired) electrons. The highest BCUT2D eigenvalue weighted by Crippen LogP contribution is 2.24. The molecule has 15 heavy (non-hydrogen) atoms. The summed E-state index contributed by atoms with van der Waals surface area (Å²) in [6, 6.07) is 15.8. The average Bonchev–Trinajstić information content (AvgIpc) is 2.30. The molecule has 0 bridgehead atoms. The molecule has 0 fully saturated rings. The van der Waals surface area contributed by atoms with Gasteiger partial charge >= 0.3 is 0 Å². The van der Waals surface area contributed by atoms with Crippen LogP contribution in [0.5, 0.6) is 0 Å². The number of rotatable bonds is 2. The Kier molecular flexibility index (Phi) is 2.97. The van der Waals surface area contributed by atoms with Crippen LogP contribution < -0.4 is 0 Å². The van der Waals surface area contributed by atoms with Gasteiger partial charge in [0.1, 0.15) is 0 Å².